The molecule has 0 saturated heterocycles. The van der Waals surface area contributed by atoms with Gasteiger partial charge in [0.15, 0.2) is 0 Å². The fourth-order valence-corrected chi connectivity index (χ4v) is 5.89. The van der Waals surface area contributed by atoms with Crippen LogP contribution in [0.2, 0.25) is 0 Å². The van der Waals surface area contributed by atoms with Crippen LogP contribution in [0.25, 0.3) is 21.8 Å². The predicted molar refractivity (Wildman–Crippen MR) is 169 cm³/mol. The predicted octanol–water partition coefficient (Wildman–Crippen LogP) is 2.62. The summed E-state index contributed by atoms with van der Waals surface area (Å²) in [7, 11) is 0. The van der Waals surface area contributed by atoms with Crippen molar-refractivity contribution in [1.29, 1.82) is 0 Å². The minimum atomic E-state index is -1.21. The number of para-hydroxylation sites is 2. The minimum absolute atomic E-state index is 0.0774. The third-order valence-electron chi connectivity index (χ3n) is 7.48. The zero-order chi connectivity index (χ0) is 31.2. The van der Waals surface area contributed by atoms with Crippen molar-refractivity contribution in [3.63, 3.8) is 0 Å². The van der Waals surface area contributed by atoms with E-state index in [0.717, 1.165) is 37.8 Å². The quantitative estimate of drug-likeness (QED) is 0.107. The number of thiophene rings is 1. The van der Waals surface area contributed by atoms with Gasteiger partial charge < -0.3 is 36.8 Å². The summed E-state index contributed by atoms with van der Waals surface area (Å²) in [5.41, 5.74) is 9.10. The number of fused-ring (bicyclic) bond motifs is 2. The number of carboxylic acids is 1. The lowest BCUT2D eigenvalue weighted by atomic mass is 10.0. The molecule has 0 saturated carbocycles. The van der Waals surface area contributed by atoms with Crippen molar-refractivity contribution >= 4 is 56.8 Å². The van der Waals surface area contributed by atoms with Gasteiger partial charge in [0, 0.05) is 58.3 Å². The van der Waals surface area contributed by atoms with Crippen LogP contribution in [0.5, 0.6) is 0 Å². The molecule has 5 aromatic rings. The lowest BCUT2D eigenvalue weighted by Crippen LogP contribution is -2.58. The number of aromatic nitrogens is 2. The standard InChI is InChI=1S/C32H34N6O5S/c1-18(33)29(39)36-26(13-19-16-34-24-10-4-2-8-22(19)24)30(40)37-27(14-20-17-35-25-11-5-3-9-23(20)25)31(41)38-28(32(42)43)15-21-7-6-12-44-21/h2-12,16-18,26-28,34-35H,13-15,33H2,1H3,(H,36,39)(H,37,40)(H,38,41)(H,42,43)/t18-,26+,27-,28-/m0/s1. The Kier molecular flexibility index (Phi) is 9.41. The van der Waals surface area contributed by atoms with Crippen LogP contribution in [-0.4, -0.2) is 62.9 Å². The molecular weight excluding hydrogens is 580 g/mol. The topological polar surface area (TPSA) is 182 Å². The van der Waals surface area contributed by atoms with Gasteiger partial charge in [-0.3, -0.25) is 14.4 Å². The maximum atomic E-state index is 13.9. The number of hydrogen-bond donors (Lipinski definition) is 7. The molecule has 0 aliphatic carbocycles. The van der Waals surface area contributed by atoms with Crippen molar-refractivity contribution in [3.05, 3.63) is 94.4 Å². The Morgan fingerprint density at radius 1 is 0.727 bits per heavy atom. The number of amides is 3. The molecule has 0 radical (unpaired) electrons. The van der Waals surface area contributed by atoms with Gasteiger partial charge in [0.05, 0.1) is 6.04 Å². The second-order valence-corrected chi connectivity index (χ2v) is 11.8. The monoisotopic (exact) mass is 614 g/mol. The molecular formula is C32H34N6O5S. The maximum absolute atomic E-state index is 13.9. The fourth-order valence-electron chi connectivity index (χ4n) is 5.14. The number of rotatable bonds is 13. The Hall–Kier alpha value is -4.94. The van der Waals surface area contributed by atoms with Crippen LogP contribution in [-0.2, 0) is 38.4 Å². The summed E-state index contributed by atoms with van der Waals surface area (Å²) in [6, 6.07) is 14.5. The lowest BCUT2D eigenvalue weighted by molar-refractivity contribution is -0.142. The number of carboxylic acid groups (broad SMARTS) is 1. The van der Waals surface area contributed by atoms with Crippen molar-refractivity contribution in [1.82, 2.24) is 25.9 Å². The molecule has 3 heterocycles. The summed E-state index contributed by atoms with van der Waals surface area (Å²) in [5, 5.41) is 21.6. The lowest BCUT2D eigenvalue weighted by Gasteiger charge is -2.25. The molecule has 0 unspecified atom stereocenters. The van der Waals surface area contributed by atoms with Gasteiger partial charge in [-0.2, -0.15) is 0 Å². The van der Waals surface area contributed by atoms with Gasteiger partial charge in [0.2, 0.25) is 17.7 Å². The van der Waals surface area contributed by atoms with E-state index in [1.54, 1.807) is 18.5 Å². The summed E-state index contributed by atoms with van der Waals surface area (Å²) >= 11 is 1.39. The number of nitrogens with one attached hydrogen (secondary N) is 5. The molecule has 0 bridgehead atoms. The first-order valence-corrected chi connectivity index (χ1v) is 15.1. The van der Waals surface area contributed by atoms with Crippen LogP contribution in [0.3, 0.4) is 0 Å². The molecule has 0 aliphatic rings. The SMILES string of the molecule is C[C@H](N)C(=O)N[C@H](Cc1c[nH]c2ccccc12)C(=O)N[C@@H](Cc1c[nH]c2ccccc12)C(=O)N[C@@H](Cc1cccs1)C(=O)O. The summed E-state index contributed by atoms with van der Waals surface area (Å²) in [6.45, 7) is 1.52. The van der Waals surface area contributed by atoms with E-state index in [0.29, 0.717) is 0 Å². The average molecular weight is 615 g/mol. The smallest absolute Gasteiger partial charge is 0.326 e. The summed E-state index contributed by atoms with van der Waals surface area (Å²) in [4.78, 5) is 59.5. The highest BCUT2D eigenvalue weighted by atomic mass is 32.1. The number of nitrogens with two attached hydrogens (primary N) is 1. The number of H-pyrrole nitrogens is 2. The zero-order valence-corrected chi connectivity index (χ0v) is 24.8. The Morgan fingerprint density at radius 2 is 1.23 bits per heavy atom. The minimum Gasteiger partial charge on any atom is -0.480 e. The van der Waals surface area contributed by atoms with E-state index in [9.17, 15) is 24.3 Å². The maximum Gasteiger partial charge on any atom is 0.326 e. The molecule has 4 atom stereocenters. The number of aromatic amines is 2. The molecule has 11 nitrogen and oxygen atoms in total. The van der Waals surface area contributed by atoms with Crippen LogP contribution in [0.15, 0.2) is 78.4 Å². The largest absolute Gasteiger partial charge is 0.480 e. The Balaban J connectivity index is 1.42. The fraction of sp³-hybridized carbons (Fsp3) is 0.250. The molecule has 0 spiro atoms. The van der Waals surface area contributed by atoms with Crippen molar-refractivity contribution in [2.75, 3.05) is 0 Å². The van der Waals surface area contributed by atoms with E-state index in [-0.39, 0.29) is 19.3 Å². The normalized spacial score (nSPS) is 14.0. The molecule has 0 aliphatic heterocycles. The molecule has 5 rings (SSSR count). The van der Waals surface area contributed by atoms with Gasteiger partial charge in [-0.05, 0) is 41.6 Å². The van der Waals surface area contributed by atoms with Crippen LogP contribution in [0.4, 0.5) is 0 Å². The van der Waals surface area contributed by atoms with Gasteiger partial charge in [-0.15, -0.1) is 11.3 Å². The van der Waals surface area contributed by atoms with Crippen LogP contribution in [0.1, 0.15) is 22.9 Å². The van der Waals surface area contributed by atoms with E-state index >= 15 is 0 Å². The van der Waals surface area contributed by atoms with E-state index in [1.165, 1.54) is 18.3 Å². The van der Waals surface area contributed by atoms with E-state index in [1.807, 2.05) is 60.0 Å². The van der Waals surface area contributed by atoms with E-state index in [2.05, 4.69) is 25.9 Å². The summed E-state index contributed by atoms with van der Waals surface area (Å²) in [6.07, 6.45) is 3.85. The Labute approximate surface area is 257 Å². The molecule has 0 fully saturated rings. The highest BCUT2D eigenvalue weighted by Crippen LogP contribution is 2.21. The molecule has 3 amide bonds. The molecule has 8 N–H and O–H groups in total. The van der Waals surface area contributed by atoms with Crippen molar-refractivity contribution < 1.29 is 24.3 Å². The number of aliphatic carboxylic acids is 1. The Bertz CT molecular complexity index is 1780. The highest BCUT2D eigenvalue weighted by molar-refractivity contribution is 7.09. The average Bonchev–Trinajstić information content (AvgIpc) is 3.77. The molecule has 228 valence electrons. The third kappa shape index (κ3) is 7.16. The second kappa shape index (κ2) is 13.6. The van der Waals surface area contributed by atoms with Crippen LogP contribution in [0, 0.1) is 0 Å². The van der Waals surface area contributed by atoms with Gasteiger partial charge in [-0.25, -0.2) is 4.79 Å². The summed E-state index contributed by atoms with van der Waals surface area (Å²) < 4.78 is 0. The zero-order valence-electron chi connectivity index (χ0n) is 24.0. The number of hydrogen-bond acceptors (Lipinski definition) is 6. The first-order chi connectivity index (χ1) is 21.2. The van der Waals surface area contributed by atoms with Gasteiger partial charge >= 0.3 is 5.97 Å². The molecule has 3 aromatic heterocycles. The van der Waals surface area contributed by atoms with Crippen molar-refractivity contribution in [3.8, 4) is 0 Å². The number of benzene rings is 2. The molecule has 44 heavy (non-hydrogen) atoms. The van der Waals surface area contributed by atoms with E-state index in [4.69, 9.17) is 5.73 Å². The van der Waals surface area contributed by atoms with Crippen LogP contribution >= 0.6 is 11.3 Å². The number of carbonyl (C=O) groups excluding carboxylic acids is 3. The first-order valence-electron chi connectivity index (χ1n) is 14.2. The number of carbonyl (C=O) groups is 4. The van der Waals surface area contributed by atoms with Crippen molar-refractivity contribution in [2.24, 2.45) is 5.73 Å². The van der Waals surface area contributed by atoms with Gasteiger partial charge in [-0.1, -0.05) is 42.5 Å². The molecule has 2 aromatic carbocycles. The Morgan fingerprint density at radius 3 is 1.70 bits per heavy atom. The first kappa shape index (κ1) is 30.5. The van der Waals surface area contributed by atoms with Gasteiger partial charge in [0.1, 0.15) is 18.1 Å². The molecule has 12 heteroatoms. The third-order valence-corrected chi connectivity index (χ3v) is 8.38. The van der Waals surface area contributed by atoms with Crippen LogP contribution < -0.4 is 21.7 Å². The summed E-state index contributed by atoms with van der Waals surface area (Å²) in [5.74, 6) is -2.97. The van der Waals surface area contributed by atoms with E-state index < -0.39 is 47.9 Å². The second-order valence-electron chi connectivity index (χ2n) is 10.7. The highest BCUT2D eigenvalue weighted by Gasteiger charge is 2.31. The van der Waals surface area contributed by atoms with Crippen molar-refractivity contribution in [2.45, 2.75) is 50.4 Å². The van der Waals surface area contributed by atoms with Gasteiger partial charge in [0.25, 0.3) is 0 Å².